The highest BCUT2D eigenvalue weighted by Crippen LogP contribution is 2.36. The highest BCUT2D eigenvalue weighted by molar-refractivity contribution is 5.92. The van der Waals surface area contributed by atoms with Crippen molar-refractivity contribution >= 4 is 11.8 Å². The third kappa shape index (κ3) is 3.18. The number of likely N-dealkylation sites (tertiary alicyclic amines) is 1. The smallest absolute Gasteiger partial charge is 0.289 e. The molecule has 0 spiro atoms. The Morgan fingerprint density at radius 3 is 2.60 bits per heavy atom. The van der Waals surface area contributed by atoms with Gasteiger partial charge >= 0.3 is 0 Å². The van der Waals surface area contributed by atoms with E-state index in [1.54, 1.807) is 17.0 Å². The normalized spacial score (nSPS) is 22.8. The van der Waals surface area contributed by atoms with E-state index in [9.17, 15) is 9.59 Å². The largest absolute Gasteiger partial charge is 0.459 e. The lowest BCUT2D eigenvalue weighted by Crippen LogP contribution is -2.36. The molecule has 0 radical (unpaired) electrons. The summed E-state index contributed by atoms with van der Waals surface area (Å²) in [5.74, 6) is 0.0297. The molecule has 2 unspecified atom stereocenters. The van der Waals surface area contributed by atoms with E-state index in [1.165, 1.54) is 6.26 Å². The zero-order valence-electron chi connectivity index (χ0n) is 14.3. The molecule has 1 aliphatic carbocycles. The van der Waals surface area contributed by atoms with Crippen LogP contribution in [0.3, 0.4) is 0 Å². The molecule has 2 aliphatic rings. The number of carbonyl (C=O) groups is 2. The zero-order chi connectivity index (χ0) is 17.4. The molecule has 2 heterocycles. The molecule has 25 heavy (non-hydrogen) atoms. The highest BCUT2D eigenvalue weighted by Gasteiger charge is 2.42. The van der Waals surface area contributed by atoms with Crippen molar-refractivity contribution in [2.75, 3.05) is 13.1 Å². The number of hydrogen-bond acceptors (Lipinski definition) is 3. The van der Waals surface area contributed by atoms with Crippen LogP contribution < -0.4 is 5.32 Å². The van der Waals surface area contributed by atoms with Crippen LogP contribution in [0.2, 0.25) is 0 Å². The number of aryl methyl sites for hydroxylation is 1. The number of benzene rings is 1. The number of hydrogen-bond donors (Lipinski definition) is 1. The Kier molecular flexibility index (Phi) is 4.07. The van der Waals surface area contributed by atoms with Gasteiger partial charge in [0.1, 0.15) is 0 Å². The number of furan rings is 1. The fraction of sp³-hybridized carbons (Fsp3) is 0.400. The minimum Gasteiger partial charge on any atom is -0.459 e. The summed E-state index contributed by atoms with van der Waals surface area (Å²) in [6, 6.07) is 11.8. The minimum atomic E-state index is -0.222. The second-order valence-electron chi connectivity index (χ2n) is 7.04. The molecule has 1 aromatic carbocycles. The molecule has 1 saturated heterocycles. The maximum Gasteiger partial charge on any atom is 0.289 e. The SMILES string of the molecule is Cc1ccccc1C1CN(C(=O)c2ccco2)CC1C(=O)NC1CC1. The molecule has 130 valence electrons. The third-order valence-electron chi connectivity index (χ3n) is 5.19. The third-order valence-corrected chi connectivity index (χ3v) is 5.19. The average Bonchev–Trinajstić information content (AvgIpc) is 3.12. The molecular formula is C20H22N2O3. The summed E-state index contributed by atoms with van der Waals surface area (Å²) in [6.45, 7) is 3.02. The van der Waals surface area contributed by atoms with E-state index in [1.807, 2.05) is 12.1 Å². The molecule has 0 bridgehead atoms. The Hall–Kier alpha value is -2.56. The van der Waals surface area contributed by atoms with Crippen molar-refractivity contribution in [2.45, 2.75) is 31.7 Å². The fourth-order valence-corrected chi connectivity index (χ4v) is 3.65. The van der Waals surface area contributed by atoms with Crippen LogP contribution in [0.5, 0.6) is 0 Å². The van der Waals surface area contributed by atoms with Crippen LogP contribution >= 0.6 is 0 Å². The molecule has 5 heteroatoms. The summed E-state index contributed by atoms with van der Waals surface area (Å²) >= 11 is 0. The first kappa shape index (κ1) is 15.9. The maximum atomic E-state index is 12.8. The second kappa shape index (κ2) is 6.39. The Balaban J connectivity index is 1.60. The van der Waals surface area contributed by atoms with Crippen molar-refractivity contribution in [1.82, 2.24) is 10.2 Å². The lowest BCUT2D eigenvalue weighted by molar-refractivity contribution is -0.125. The molecule has 1 aliphatic heterocycles. The van der Waals surface area contributed by atoms with Crippen LogP contribution in [0.4, 0.5) is 0 Å². The summed E-state index contributed by atoms with van der Waals surface area (Å²) in [7, 11) is 0. The van der Waals surface area contributed by atoms with Gasteiger partial charge in [-0.2, -0.15) is 0 Å². The van der Waals surface area contributed by atoms with Crippen molar-refractivity contribution in [3.05, 3.63) is 59.5 Å². The Bertz CT molecular complexity index is 780. The van der Waals surface area contributed by atoms with Crippen LogP contribution in [0.25, 0.3) is 0 Å². The lowest BCUT2D eigenvalue weighted by atomic mass is 9.86. The van der Waals surface area contributed by atoms with Crippen molar-refractivity contribution in [3.8, 4) is 0 Å². The molecule has 2 aromatic rings. The summed E-state index contributed by atoms with van der Waals surface area (Å²) in [5.41, 5.74) is 2.30. The van der Waals surface area contributed by atoms with E-state index in [0.29, 0.717) is 24.9 Å². The zero-order valence-corrected chi connectivity index (χ0v) is 14.3. The van der Waals surface area contributed by atoms with Crippen LogP contribution in [-0.4, -0.2) is 35.8 Å². The quantitative estimate of drug-likeness (QED) is 0.932. The van der Waals surface area contributed by atoms with Gasteiger partial charge in [0.25, 0.3) is 5.91 Å². The van der Waals surface area contributed by atoms with Crippen LogP contribution in [0, 0.1) is 12.8 Å². The number of amides is 2. The van der Waals surface area contributed by atoms with Gasteiger partial charge in [0.05, 0.1) is 12.2 Å². The van der Waals surface area contributed by atoms with E-state index in [-0.39, 0.29) is 23.7 Å². The molecule has 2 fully saturated rings. The van der Waals surface area contributed by atoms with Gasteiger partial charge in [0.15, 0.2) is 5.76 Å². The van der Waals surface area contributed by atoms with Crippen LogP contribution in [0.1, 0.15) is 40.4 Å². The van der Waals surface area contributed by atoms with Crippen molar-refractivity contribution in [3.63, 3.8) is 0 Å². The first-order valence-electron chi connectivity index (χ1n) is 8.82. The number of nitrogens with one attached hydrogen (secondary N) is 1. The molecule has 1 aromatic heterocycles. The van der Waals surface area contributed by atoms with Gasteiger partial charge in [-0.3, -0.25) is 9.59 Å². The molecule has 2 atom stereocenters. The van der Waals surface area contributed by atoms with Gasteiger partial charge in [-0.25, -0.2) is 0 Å². The lowest BCUT2D eigenvalue weighted by Gasteiger charge is -2.19. The second-order valence-corrected chi connectivity index (χ2v) is 7.04. The van der Waals surface area contributed by atoms with Gasteiger partial charge in [0, 0.05) is 25.0 Å². The standard InChI is InChI=1S/C20H22N2O3/c1-13-5-2-3-6-15(13)16-11-22(20(24)18-7-4-10-25-18)12-17(16)19(23)21-14-8-9-14/h2-7,10,14,16-17H,8-9,11-12H2,1H3,(H,21,23). The molecular weight excluding hydrogens is 316 g/mol. The monoisotopic (exact) mass is 338 g/mol. The Morgan fingerprint density at radius 2 is 1.92 bits per heavy atom. The van der Waals surface area contributed by atoms with Crippen molar-refractivity contribution in [1.29, 1.82) is 0 Å². The van der Waals surface area contributed by atoms with E-state index < -0.39 is 0 Å². The number of carbonyl (C=O) groups excluding carboxylic acids is 2. The predicted molar refractivity (Wildman–Crippen MR) is 93.2 cm³/mol. The molecule has 1 saturated carbocycles. The van der Waals surface area contributed by atoms with Gasteiger partial charge in [-0.05, 0) is 43.0 Å². The summed E-state index contributed by atoms with van der Waals surface area (Å²) in [4.78, 5) is 27.2. The highest BCUT2D eigenvalue weighted by atomic mass is 16.3. The molecule has 5 nitrogen and oxygen atoms in total. The molecule has 2 amide bonds. The van der Waals surface area contributed by atoms with Crippen LogP contribution in [-0.2, 0) is 4.79 Å². The topological polar surface area (TPSA) is 62.6 Å². The van der Waals surface area contributed by atoms with E-state index in [2.05, 4.69) is 24.4 Å². The number of nitrogens with zero attached hydrogens (tertiary/aromatic N) is 1. The van der Waals surface area contributed by atoms with Crippen molar-refractivity contribution < 1.29 is 14.0 Å². The van der Waals surface area contributed by atoms with E-state index in [0.717, 1.165) is 24.0 Å². The maximum absolute atomic E-state index is 12.8. The van der Waals surface area contributed by atoms with Gasteiger partial charge in [-0.15, -0.1) is 0 Å². The Morgan fingerprint density at radius 1 is 1.12 bits per heavy atom. The fourth-order valence-electron chi connectivity index (χ4n) is 3.65. The van der Waals surface area contributed by atoms with Crippen molar-refractivity contribution in [2.24, 2.45) is 5.92 Å². The van der Waals surface area contributed by atoms with Gasteiger partial charge < -0.3 is 14.6 Å². The van der Waals surface area contributed by atoms with Crippen LogP contribution in [0.15, 0.2) is 47.1 Å². The number of rotatable bonds is 4. The predicted octanol–water partition coefficient (Wildman–Crippen LogP) is 2.72. The Labute approximate surface area is 147 Å². The minimum absolute atomic E-state index is 0.0128. The van der Waals surface area contributed by atoms with Gasteiger partial charge in [-0.1, -0.05) is 24.3 Å². The summed E-state index contributed by atoms with van der Waals surface area (Å²) in [6.07, 6.45) is 3.62. The average molecular weight is 338 g/mol. The summed E-state index contributed by atoms with van der Waals surface area (Å²) in [5, 5.41) is 3.11. The first-order valence-corrected chi connectivity index (χ1v) is 8.82. The first-order chi connectivity index (χ1) is 12.1. The summed E-state index contributed by atoms with van der Waals surface area (Å²) < 4.78 is 5.25. The molecule has 4 rings (SSSR count). The molecule has 1 N–H and O–H groups in total. The van der Waals surface area contributed by atoms with E-state index in [4.69, 9.17) is 4.42 Å². The van der Waals surface area contributed by atoms with Gasteiger partial charge in [0.2, 0.25) is 5.91 Å². The van der Waals surface area contributed by atoms with E-state index >= 15 is 0 Å².